The summed E-state index contributed by atoms with van der Waals surface area (Å²) in [5.41, 5.74) is 1.17. The van der Waals surface area contributed by atoms with Crippen LogP contribution in [0.25, 0.3) is 0 Å². The molecule has 1 aliphatic carbocycles. The Bertz CT molecular complexity index is 318. The monoisotopic (exact) mass is 205 g/mol. The summed E-state index contributed by atoms with van der Waals surface area (Å²) in [6.07, 6.45) is 5.15. The molecule has 1 aromatic heterocycles. The van der Waals surface area contributed by atoms with Gasteiger partial charge in [-0.05, 0) is 12.3 Å². The van der Waals surface area contributed by atoms with Gasteiger partial charge in [-0.1, -0.05) is 20.8 Å². The van der Waals surface area contributed by atoms with Gasteiger partial charge in [0.1, 0.15) is 5.82 Å². The molecule has 3 heteroatoms. The van der Waals surface area contributed by atoms with Crippen molar-refractivity contribution in [2.45, 2.75) is 45.7 Å². The molecule has 0 spiro atoms. The molecule has 1 N–H and O–H groups in total. The second kappa shape index (κ2) is 4.27. The summed E-state index contributed by atoms with van der Waals surface area (Å²) in [6.45, 7) is 7.39. The largest absolute Gasteiger partial charge is 0.310 e. The van der Waals surface area contributed by atoms with Gasteiger partial charge in [0, 0.05) is 36.5 Å². The summed E-state index contributed by atoms with van der Waals surface area (Å²) in [5.74, 6) is 2.43. The molecule has 2 rings (SSSR count). The van der Waals surface area contributed by atoms with Gasteiger partial charge in [-0.15, -0.1) is 0 Å². The van der Waals surface area contributed by atoms with Gasteiger partial charge >= 0.3 is 0 Å². The maximum absolute atomic E-state index is 4.42. The average Bonchev–Trinajstić information content (AvgIpc) is 2.93. The number of hydrogen-bond acceptors (Lipinski definition) is 3. The highest BCUT2D eigenvalue weighted by Gasteiger charge is 2.36. The molecule has 0 radical (unpaired) electrons. The van der Waals surface area contributed by atoms with Crippen LogP contribution in [0.2, 0.25) is 0 Å². The van der Waals surface area contributed by atoms with Crippen LogP contribution in [0.15, 0.2) is 12.4 Å². The SMILES string of the molecule is CC(C)NCc1cnc(C2CC2C)nc1. The first-order valence-corrected chi connectivity index (χ1v) is 5.71. The summed E-state index contributed by atoms with van der Waals surface area (Å²) in [5, 5.41) is 3.35. The van der Waals surface area contributed by atoms with E-state index in [2.05, 4.69) is 36.1 Å². The lowest BCUT2D eigenvalue weighted by Crippen LogP contribution is -2.22. The minimum Gasteiger partial charge on any atom is -0.310 e. The van der Waals surface area contributed by atoms with Crippen molar-refractivity contribution < 1.29 is 0 Å². The summed E-state index contributed by atoms with van der Waals surface area (Å²) >= 11 is 0. The Morgan fingerprint density at radius 1 is 1.40 bits per heavy atom. The Kier molecular flexibility index (Phi) is 3.00. The van der Waals surface area contributed by atoms with Crippen LogP contribution in [0.3, 0.4) is 0 Å². The van der Waals surface area contributed by atoms with Gasteiger partial charge in [-0.2, -0.15) is 0 Å². The molecule has 82 valence electrons. The quantitative estimate of drug-likeness (QED) is 0.818. The second-order valence-corrected chi connectivity index (χ2v) is 4.80. The van der Waals surface area contributed by atoms with Gasteiger partial charge < -0.3 is 5.32 Å². The third-order valence-corrected chi connectivity index (χ3v) is 2.88. The Labute approximate surface area is 91.3 Å². The van der Waals surface area contributed by atoms with Crippen LogP contribution in [-0.4, -0.2) is 16.0 Å². The maximum atomic E-state index is 4.42. The molecule has 1 aromatic rings. The lowest BCUT2D eigenvalue weighted by molar-refractivity contribution is 0.586. The Hall–Kier alpha value is -0.960. The molecular formula is C12H19N3. The number of nitrogens with one attached hydrogen (secondary N) is 1. The fourth-order valence-corrected chi connectivity index (χ4v) is 1.65. The highest BCUT2D eigenvalue weighted by atomic mass is 14.9. The molecule has 0 aromatic carbocycles. The van der Waals surface area contributed by atoms with Gasteiger partial charge in [-0.3, -0.25) is 0 Å². The number of aromatic nitrogens is 2. The van der Waals surface area contributed by atoms with Gasteiger partial charge in [-0.25, -0.2) is 9.97 Å². The lowest BCUT2D eigenvalue weighted by Gasteiger charge is -2.07. The van der Waals surface area contributed by atoms with E-state index in [-0.39, 0.29) is 0 Å². The Balaban J connectivity index is 1.92. The fourth-order valence-electron chi connectivity index (χ4n) is 1.65. The first kappa shape index (κ1) is 10.6. The zero-order chi connectivity index (χ0) is 10.8. The van der Waals surface area contributed by atoms with E-state index in [0.29, 0.717) is 12.0 Å². The van der Waals surface area contributed by atoms with Crippen LogP contribution in [0, 0.1) is 5.92 Å². The molecule has 2 unspecified atom stereocenters. The Morgan fingerprint density at radius 3 is 2.47 bits per heavy atom. The van der Waals surface area contributed by atoms with Crippen molar-refractivity contribution in [1.29, 1.82) is 0 Å². The van der Waals surface area contributed by atoms with Crippen LogP contribution < -0.4 is 5.32 Å². The molecule has 1 aliphatic rings. The molecule has 1 fully saturated rings. The molecule has 2 atom stereocenters. The van der Waals surface area contributed by atoms with E-state index in [1.807, 2.05) is 12.4 Å². The van der Waals surface area contributed by atoms with Crippen molar-refractivity contribution in [1.82, 2.24) is 15.3 Å². The topological polar surface area (TPSA) is 37.8 Å². The van der Waals surface area contributed by atoms with E-state index in [4.69, 9.17) is 0 Å². The average molecular weight is 205 g/mol. The first-order valence-electron chi connectivity index (χ1n) is 5.71. The first-order chi connectivity index (χ1) is 7.16. The third kappa shape index (κ3) is 2.75. The second-order valence-electron chi connectivity index (χ2n) is 4.80. The number of nitrogens with zero attached hydrogens (tertiary/aromatic N) is 2. The molecular weight excluding hydrogens is 186 g/mol. The number of rotatable bonds is 4. The van der Waals surface area contributed by atoms with Crippen LogP contribution in [0.1, 0.15) is 44.5 Å². The van der Waals surface area contributed by atoms with Gasteiger partial charge in [0.2, 0.25) is 0 Å². The smallest absolute Gasteiger partial charge is 0.131 e. The molecule has 1 saturated carbocycles. The third-order valence-electron chi connectivity index (χ3n) is 2.88. The molecule has 0 aliphatic heterocycles. The predicted molar refractivity (Wildman–Crippen MR) is 60.5 cm³/mol. The van der Waals surface area contributed by atoms with E-state index >= 15 is 0 Å². The minimum absolute atomic E-state index is 0.508. The van der Waals surface area contributed by atoms with Crippen LogP contribution in [-0.2, 0) is 6.54 Å². The van der Waals surface area contributed by atoms with E-state index in [9.17, 15) is 0 Å². The van der Waals surface area contributed by atoms with Crippen molar-refractivity contribution in [3.8, 4) is 0 Å². The van der Waals surface area contributed by atoms with Crippen molar-refractivity contribution in [3.05, 3.63) is 23.8 Å². The molecule has 0 amide bonds. The zero-order valence-corrected chi connectivity index (χ0v) is 9.70. The highest BCUT2D eigenvalue weighted by molar-refractivity contribution is 5.12. The standard InChI is InChI=1S/C12H19N3/c1-8(2)13-5-10-6-14-12(15-7-10)11-4-9(11)3/h6-9,11,13H,4-5H2,1-3H3. The summed E-state index contributed by atoms with van der Waals surface area (Å²) in [4.78, 5) is 8.84. The molecule has 0 saturated heterocycles. The van der Waals surface area contributed by atoms with Crippen LogP contribution in [0.5, 0.6) is 0 Å². The normalized spacial score (nSPS) is 24.5. The highest BCUT2D eigenvalue weighted by Crippen LogP contribution is 2.44. The van der Waals surface area contributed by atoms with Crippen molar-refractivity contribution in [2.75, 3.05) is 0 Å². The summed E-state index contributed by atoms with van der Waals surface area (Å²) in [6, 6.07) is 0.508. The van der Waals surface area contributed by atoms with Crippen molar-refractivity contribution in [2.24, 2.45) is 5.92 Å². The lowest BCUT2D eigenvalue weighted by atomic mass is 10.3. The fraction of sp³-hybridized carbons (Fsp3) is 0.667. The Morgan fingerprint density at radius 2 is 2.00 bits per heavy atom. The maximum Gasteiger partial charge on any atom is 0.131 e. The molecule has 15 heavy (non-hydrogen) atoms. The van der Waals surface area contributed by atoms with Crippen molar-refractivity contribution >= 4 is 0 Å². The van der Waals surface area contributed by atoms with E-state index in [0.717, 1.165) is 18.3 Å². The van der Waals surface area contributed by atoms with Crippen molar-refractivity contribution in [3.63, 3.8) is 0 Å². The van der Waals surface area contributed by atoms with Gasteiger partial charge in [0.15, 0.2) is 0 Å². The zero-order valence-electron chi connectivity index (χ0n) is 9.70. The summed E-state index contributed by atoms with van der Waals surface area (Å²) in [7, 11) is 0. The summed E-state index contributed by atoms with van der Waals surface area (Å²) < 4.78 is 0. The predicted octanol–water partition coefficient (Wildman–Crippen LogP) is 2.10. The minimum atomic E-state index is 0.508. The van der Waals surface area contributed by atoms with E-state index in [1.54, 1.807) is 0 Å². The van der Waals surface area contributed by atoms with Gasteiger partial charge in [0.05, 0.1) is 0 Å². The molecule has 0 bridgehead atoms. The van der Waals surface area contributed by atoms with Crippen LogP contribution >= 0.6 is 0 Å². The van der Waals surface area contributed by atoms with E-state index < -0.39 is 0 Å². The molecule has 1 heterocycles. The van der Waals surface area contributed by atoms with Crippen LogP contribution in [0.4, 0.5) is 0 Å². The molecule has 3 nitrogen and oxygen atoms in total. The number of hydrogen-bond donors (Lipinski definition) is 1. The van der Waals surface area contributed by atoms with Gasteiger partial charge in [0.25, 0.3) is 0 Å². The van der Waals surface area contributed by atoms with E-state index in [1.165, 1.54) is 12.0 Å².